The number of aliphatic carboxylic acids is 1. The molecular weight excluding hydrogens is 280 g/mol. The normalized spacial score (nSPS) is 12.1. The number of carbonyl (C=O) groups is 2. The second-order valence-corrected chi connectivity index (χ2v) is 5.44. The van der Waals surface area contributed by atoms with E-state index in [1.165, 1.54) is 0 Å². The molecule has 110 valence electrons. The summed E-state index contributed by atoms with van der Waals surface area (Å²) < 4.78 is 0. The number of halogens is 1. The highest BCUT2D eigenvalue weighted by Gasteiger charge is 2.21. The van der Waals surface area contributed by atoms with Gasteiger partial charge in [-0.15, -0.1) is 0 Å². The highest BCUT2D eigenvalue weighted by Crippen LogP contribution is 2.22. The Morgan fingerprint density at radius 3 is 2.55 bits per heavy atom. The van der Waals surface area contributed by atoms with Crippen LogP contribution >= 0.6 is 11.6 Å². The van der Waals surface area contributed by atoms with Crippen LogP contribution in [0.15, 0.2) is 18.2 Å². The number of hydrogen-bond donors (Lipinski definition) is 3. The Morgan fingerprint density at radius 2 is 2.00 bits per heavy atom. The zero-order valence-electron chi connectivity index (χ0n) is 11.7. The van der Waals surface area contributed by atoms with Gasteiger partial charge in [-0.3, -0.25) is 0 Å². The van der Waals surface area contributed by atoms with Crippen LogP contribution in [0.5, 0.6) is 0 Å². The summed E-state index contributed by atoms with van der Waals surface area (Å²) in [7, 11) is 0. The fraction of sp³-hybridized carbons (Fsp3) is 0.429. The molecule has 1 aromatic carbocycles. The predicted molar refractivity (Wildman–Crippen MR) is 79.2 cm³/mol. The first-order valence-electron chi connectivity index (χ1n) is 6.36. The van der Waals surface area contributed by atoms with Crippen LogP contribution in [-0.4, -0.2) is 23.1 Å². The highest BCUT2D eigenvalue weighted by molar-refractivity contribution is 6.31. The van der Waals surface area contributed by atoms with Crippen LogP contribution < -0.4 is 10.6 Å². The van der Waals surface area contributed by atoms with Gasteiger partial charge in [0.1, 0.15) is 6.04 Å². The van der Waals surface area contributed by atoms with Crippen LogP contribution in [0.3, 0.4) is 0 Å². The summed E-state index contributed by atoms with van der Waals surface area (Å²) in [6, 6.07) is 3.68. The van der Waals surface area contributed by atoms with Gasteiger partial charge in [-0.05, 0) is 37.0 Å². The number of carboxylic acids is 1. The van der Waals surface area contributed by atoms with Gasteiger partial charge in [0.25, 0.3) is 0 Å². The Morgan fingerprint density at radius 1 is 1.35 bits per heavy atom. The molecule has 0 aliphatic rings. The molecule has 0 heterocycles. The van der Waals surface area contributed by atoms with Crippen molar-refractivity contribution in [2.24, 2.45) is 5.92 Å². The van der Waals surface area contributed by atoms with Crippen LogP contribution in [0.4, 0.5) is 10.5 Å². The summed E-state index contributed by atoms with van der Waals surface area (Å²) in [6.45, 7) is 5.58. The van der Waals surface area contributed by atoms with Crippen molar-refractivity contribution in [3.05, 3.63) is 28.8 Å². The Kier molecular flexibility index (Phi) is 5.82. The van der Waals surface area contributed by atoms with Gasteiger partial charge in [-0.25, -0.2) is 9.59 Å². The van der Waals surface area contributed by atoms with E-state index >= 15 is 0 Å². The molecule has 0 saturated carbocycles. The predicted octanol–water partition coefficient (Wildman–Crippen LogP) is 3.27. The fourth-order valence-electron chi connectivity index (χ4n) is 1.75. The summed E-state index contributed by atoms with van der Waals surface area (Å²) in [5.41, 5.74) is 1.30. The maximum absolute atomic E-state index is 11.8. The van der Waals surface area contributed by atoms with Crippen molar-refractivity contribution in [1.82, 2.24) is 5.32 Å². The minimum absolute atomic E-state index is 0.171. The second kappa shape index (κ2) is 7.14. The third-order valence-electron chi connectivity index (χ3n) is 2.83. The molecule has 0 aromatic heterocycles. The SMILES string of the molecule is Cc1c(Cl)cccc1NC(=O)NC(CC(C)C)C(=O)O. The number of anilines is 1. The van der Waals surface area contributed by atoms with Crippen molar-refractivity contribution in [2.75, 3.05) is 5.32 Å². The van der Waals surface area contributed by atoms with Gasteiger partial charge in [-0.2, -0.15) is 0 Å². The molecule has 20 heavy (non-hydrogen) atoms. The maximum Gasteiger partial charge on any atom is 0.326 e. The van der Waals surface area contributed by atoms with E-state index < -0.39 is 18.0 Å². The first kappa shape index (κ1) is 16.3. The number of benzene rings is 1. The third-order valence-corrected chi connectivity index (χ3v) is 3.24. The summed E-state index contributed by atoms with van der Waals surface area (Å²) in [5, 5.41) is 14.7. The summed E-state index contributed by atoms with van der Waals surface area (Å²) in [6.07, 6.45) is 0.372. The first-order chi connectivity index (χ1) is 9.31. The average molecular weight is 299 g/mol. The molecule has 0 aliphatic heterocycles. The lowest BCUT2D eigenvalue weighted by Crippen LogP contribution is -2.43. The number of rotatable bonds is 5. The fourth-order valence-corrected chi connectivity index (χ4v) is 1.93. The van der Waals surface area contributed by atoms with Crippen LogP contribution in [-0.2, 0) is 4.79 Å². The quantitative estimate of drug-likeness (QED) is 0.780. The average Bonchev–Trinajstić information content (AvgIpc) is 2.33. The smallest absolute Gasteiger partial charge is 0.326 e. The molecule has 1 unspecified atom stereocenters. The molecule has 5 nitrogen and oxygen atoms in total. The number of nitrogens with one attached hydrogen (secondary N) is 2. The van der Waals surface area contributed by atoms with Crippen molar-refractivity contribution in [3.63, 3.8) is 0 Å². The topological polar surface area (TPSA) is 78.4 Å². The highest BCUT2D eigenvalue weighted by atomic mass is 35.5. The molecular formula is C14H19ClN2O3. The van der Waals surface area contributed by atoms with Crippen LogP contribution in [0.2, 0.25) is 5.02 Å². The molecule has 1 atom stereocenters. The largest absolute Gasteiger partial charge is 0.480 e. The Labute approximate surface area is 123 Å². The molecule has 0 aliphatic carbocycles. The molecule has 3 N–H and O–H groups in total. The van der Waals surface area contributed by atoms with Crippen LogP contribution in [0.25, 0.3) is 0 Å². The van der Waals surface area contributed by atoms with Gasteiger partial charge in [0, 0.05) is 10.7 Å². The lowest BCUT2D eigenvalue weighted by molar-refractivity contribution is -0.139. The van der Waals surface area contributed by atoms with E-state index in [0.717, 1.165) is 5.56 Å². The maximum atomic E-state index is 11.8. The lowest BCUT2D eigenvalue weighted by Gasteiger charge is -2.17. The van der Waals surface area contributed by atoms with Gasteiger partial charge in [0.05, 0.1) is 0 Å². The lowest BCUT2D eigenvalue weighted by atomic mass is 10.0. The van der Waals surface area contributed by atoms with E-state index in [1.54, 1.807) is 25.1 Å². The minimum Gasteiger partial charge on any atom is -0.480 e. The van der Waals surface area contributed by atoms with Crippen molar-refractivity contribution < 1.29 is 14.7 Å². The molecule has 6 heteroatoms. The van der Waals surface area contributed by atoms with Crippen molar-refractivity contribution in [2.45, 2.75) is 33.2 Å². The second-order valence-electron chi connectivity index (χ2n) is 5.03. The Hall–Kier alpha value is -1.75. The van der Waals surface area contributed by atoms with Gasteiger partial charge in [0.2, 0.25) is 0 Å². The monoisotopic (exact) mass is 298 g/mol. The molecule has 0 saturated heterocycles. The first-order valence-corrected chi connectivity index (χ1v) is 6.74. The summed E-state index contributed by atoms with van der Waals surface area (Å²) >= 11 is 5.96. The number of carboxylic acid groups (broad SMARTS) is 1. The van der Waals surface area contributed by atoms with Crippen LogP contribution in [0, 0.1) is 12.8 Å². The zero-order valence-corrected chi connectivity index (χ0v) is 12.5. The number of amides is 2. The van der Waals surface area contributed by atoms with E-state index in [0.29, 0.717) is 17.1 Å². The summed E-state index contributed by atoms with van der Waals surface area (Å²) in [5.74, 6) is -0.874. The molecule has 0 bridgehead atoms. The third kappa shape index (κ3) is 4.74. The Bertz CT molecular complexity index is 503. The van der Waals surface area contributed by atoms with E-state index in [2.05, 4.69) is 10.6 Å². The number of urea groups is 1. The Balaban J connectivity index is 2.71. The van der Waals surface area contributed by atoms with Crippen molar-refractivity contribution >= 4 is 29.3 Å². The van der Waals surface area contributed by atoms with Gasteiger partial charge in [0.15, 0.2) is 0 Å². The van der Waals surface area contributed by atoms with Crippen LogP contribution in [0.1, 0.15) is 25.8 Å². The van der Waals surface area contributed by atoms with Crippen molar-refractivity contribution in [1.29, 1.82) is 0 Å². The van der Waals surface area contributed by atoms with E-state index in [9.17, 15) is 9.59 Å². The van der Waals surface area contributed by atoms with Crippen molar-refractivity contribution in [3.8, 4) is 0 Å². The number of hydrogen-bond acceptors (Lipinski definition) is 2. The van der Waals surface area contributed by atoms with E-state index in [-0.39, 0.29) is 5.92 Å². The van der Waals surface area contributed by atoms with E-state index in [4.69, 9.17) is 16.7 Å². The standard InChI is InChI=1S/C14H19ClN2O3/c1-8(2)7-12(13(18)19)17-14(20)16-11-6-4-5-10(15)9(11)3/h4-6,8,12H,7H2,1-3H3,(H,18,19)(H2,16,17,20). The summed E-state index contributed by atoms with van der Waals surface area (Å²) in [4.78, 5) is 22.9. The molecule has 0 fully saturated rings. The minimum atomic E-state index is -1.04. The van der Waals surface area contributed by atoms with Gasteiger partial charge in [-0.1, -0.05) is 31.5 Å². The molecule has 2 amide bonds. The molecule has 1 rings (SSSR count). The van der Waals surface area contributed by atoms with Gasteiger partial charge >= 0.3 is 12.0 Å². The molecule has 0 radical (unpaired) electrons. The molecule has 1 aromatic rings. The zero-order chi connectivity index (χ0) is 15.3. The van der Waals surface area contributed by atoms with E-state index in [1.807, 2.05) is 13.8 Å². The number of carbonyl (C=O) groups excluding carboxylic acids is 1. The van der Waals surface area contributed by atoms with Gasteiger partial charge < -0.3 is 15.7 Å². The molecule has 0 spiro atoms.